The number of anilines is 1. The maximum atomic E-state index is 11.5. The first-order valence-electron chi connectivity index (χ1n) is 4.52. The van der Waals surface area contributed by atoms with Crippen molar-refractivity contribution in [1.29, 1.82) is 0 Å². The van der Waals surface area contributed by atoms with E-state index in [9.17, 15) is 4.79 Å². The van der Waals surface area contributed by atoms with Gasteiger partial charge in [0.15, 0.2) is 5.82 Å². The van der Waals surface area contributed by atoms with Crippen molar-refractivity contribution in [2.24, 2.45) is 5.92 Å². The van der Waals surface area contributed by atoms with Gasteiger partial charge in [-0.3, -0.25) is 9.89 Å². The molecule has 0 fully saturated rings. The van der Waals surface area contributed by atoms with E-state index in [0.29, 0.717) is 5.82 Å². The molecular formula is C9H10BrN3OS. The van der Waals surface area contributed by atoms with Gasteiger partial charge in [-0.05, 0) is 22.0 Å². The maximum absolute atomic E-state index is 11.5. The van der Waals surface area contributed by atoms with Crippen LogP contribution in [0.15, 0.2) is 9.85 Å². The number of hydrogen-bond donors (Lipinski definition) is 2. The van der Waals surface area contributed by atoms with Crippen molar-refractivity contribution in [2.45, 2.75) is 13.8 Å². The highest BCUT2D eigenvalue weighted by Gasteiger charge is 2.13. The van der Waals surface area contributed by atoms with Crippen LogP contribution in [-0.4, -0.2) is 16.1 Å². The lowest BCUT2D eigenvalue weighted by Gasteiger charge is -2.03. The number of nitrogens with one attached hydrogen (secondary N) is 2. The van der Waals surface area contributed by atoms with Crippen LogP contribution in [0, 0.1) is 5.92 Å². The molecule has 0 aliphatic carbocycles. The van der Waals surface area contributed by atoms with Gasteiger partial charge < -0.3 is 5.32 Å². The first kappa shape index (κ1) is 10.6. The van der Waals surface area contributed by atoms with Gasteiger partial charge in [0.2, 0.25) is 5.91 Å². The minimum absolute atomic E-state index is 0.0204. The van der Waals surface area contributed by atoms with Crippen molar-refractivity contribution in [1.82, 2.24) is 10.2 Å². The van der Waals surface area contributed by atoms with Crippen molar-refractivity contribution in [3.63, 3.8) is 0 Å². The van der Waals surface area contributed by atoms with Crippen molar-refractivity contribution in [3.05, 3.63) is 9.85 Å². The Hall–Kier alpha value is -0.880. The van der Waals surface area contributed by atoms with Crippen LogP contribution in [0.4, 0.5) is 5.82 Å². The van der Waals surface area contributed by atoms with Gasteiger partial charge in [0.25, 0.3) is 0 Å². The Labute approximate surface area is 99.2 Å². The number of nitrogens with zero attached hydrogens (tertiary/aromatic N) is 1. The van der Waals surface area contributed by atoms with Crippen LogP contribution in [0.1, 0.15) is 13.8 Å². The second kappa shape index (κ2) is 3.94. The summed E-state index contributed by atoms with van der Waals surface area (Å²) in [6.07, 6.45) is 0. The molecule has 0 bridgehead atoms. The molecule has 2 rings (SSSR count). The Balaban J connectivity index is 2.31. The molecule has 6 heteroatoms. The molecule has 1 amide bonds. The number of carbonyl (C=O) groups is 1. The van der Waals surface area contributed by atoms with E-state index >= 15 is 0 Å². The zero-order valence-corrected chi connectivity index (χ0v) is 10.7. The minimum Gasteiger partial charge on any atom is -0.308 e. The van der Waals surface area contributed by atoms with Crippen molar-refractivity contribution in [2.75, 3.05) is 5.32 Å². The Morgan fingerprint density at radius 2 is 2.40 bits per heavy atom. The lowest BCUT2D eigenvalue weighted by molar-refractivity contribution is -0.118. The number of hydrogen-bond acceptors (Lipinski definition) is 3. The van der Waals surface area contributed by atoms with Crippen molar-refractivity contribution < 1.29 is 4.79 Å². The van der Waals surface area contributed by atoms with E-state index in [1.54, 1.807) is 11.3 Å². The van der Waals surface area contributed by atoms with Crippen LogP contribution in [0.5, 0.6) is 0 Å². The highest BCUT2D eigenvalue weighted by molar-refractivity contribution is 9.11. The van der Waals surface area contributed by atoms with Crippen molar-refractivity contribution >= 4 is 49.2 Å². The predicted molar refractivity (Wildman–Crippen MR) is 65.1 cm³/mol. The molecule has 2 aromatic heterocycles. The molecule has 0 spiro atoms. The third-order valence-corrected chi connectivity index (χ3v) is 3.62. The molecule has 0 aromatic carbocycles. The summed E-state index contributed by atoms with van der Waals surface area (Å²) in [4.78, 5) is 11.5. The van der Waals surface area contributed by atoms with E-state index in [4.69, 9.17) is 0 Å². The van der Waals surface area contributed by atoms with E-state index < -0.39 is 0 Å². The fraction of sp³-hybridized carbons (Fsp3) is 0.333. The van der Waals surface area contributed by atoms with Crippen LogP contribution in [-0.2, 0) is 4.79 Å². The third kappa shape index (κ3) is 2.05. The second-order valence-corrected chi connectivity index (χ2v) is 5.94. The molecule has 2 N–H and O–H groups in total. The standard InChI is InChI=1S/C9H10BrN3OS/c1-4(2)9(14)11-8-7-5(12-13-8)3-6(10)15-7/h3-4H,1-2H3,(H2,11,12,13,14). The predicted octanol–water partition coefficient (Wildman–Crippen LogP) is 2.98. The Bertz CT molecular complexity index is 502. The second-order valence-electron chi connectivity index (χ2n) is 3.51. The molecule has 2 heterocycles. The number of halogens is 1. The van der Waals surface area contributed by atoms with Crippen LogP contribution in [0.25, 0.3) is 10.2 Å². The molecule has 80 valence electrons. The summed E-state index contributed by atoms with van der Waals surface area (Å²) in [6.45, 7) is 3.70. The monoisotopic (exact) mass is 287 g/mol. The Kier molecular flexibility index (Phi) is 2.79. The molecule has 0 saturated heterocycles. The van der Waals surface area contributed by atoms with Gasteiger partial charge in [-0.1, -0.05) is 13.8 Å². The highest BCUT2D eigenvalue weighted by Crippen LogP contribution is 2.33. The smallest absolute Gasteiger partial charge is 0.228 e. The average molecular weight is 288 g/mol. The summed E-state index contributed by atoms with van der Waals surface area (Å²) in [5.74, 6) is 0.549. The molecule has 2 aromatic rings. The zero-order chi connectivity index (χ0) is 11.0. The normalized spacial score (nSPS) is 11.2. The summed E-state index contributed by atoms with van der Waals surface area (Å²) in [7, 11) is 0. The Morgan fingerprint density at radius 3 is 3.07 bits per heavy atom. The lowest BCUT2D eigenvalue weighted by atomic mass is 10.2. The van der Waals surface area contributed by atoms with E-state index in [-0.39, 0.29) is 11.8 Å². The first-order valence-corrected chi connectivity index (χ1v) is 6.13. The van der Waals surface area contributed by atoms with Crippen LogP contribution < -0.4 is 5.32 Å². The molecule has 0 radical (unpaired) electrons. The van der Waals surface area contributed by atoms with Gasteiger partial charge in [0, 0.05) is 5.92 Å². The van der Waals surface area contributed by atoms with E-state index in [0.717, 1.165) is 14.0 Å². The van der Waals surface area contributed by atoms with Crippen LogP contribution in [0.3, 0.4) is 0 Å². The zero-order valence-electron chi connectivity index (χ0n) is 8.30. The third-order valence-electron chi connectivity index (χ3n) is 1.97. The number of fused-ring (bicyclic) bond motifs is 1. The first-order chi connectivity index (χ1) is 7.08. The number of aromatic amines is 1. The van der Waals surface area contributed by atoms with Gasteiger partial charge in [0.1, 0.15) is 0 Å². The maximum Gasteiger partial charge on any atom is 0.228 e. The van der Waals surface area contributed by atoms with Crippen LogP contribution in [0.2, 0.25) is 0 Å². The van der Waals surface area contributed by atoms with Gasteiger partial charge in [-0.15, -0.1) is 11.3 Å². The van der Waals surface area contributed by atoms with E-state index in [1.807, 2.05) is 19.9 Å². The molecule has 0 atom stereocenters. The molecule has 4 nitrogen and oxygen atoms in total. The van der Waals surface area contributed by atoms with Gasteiger partial charge in [-0.2, -0.15) is 5.10 Å². The number of aromatic nitrogens is 2. The van der Waals surface area contributed by atoms with Gasteiger partial charge in [0.05, 0.1) is 14.0 Å². The summed E-state index contributed by atoms with van der Waals surface area (Å²) >= 11 is 4.94. The number of thiophene rings is 1. The van der Waals surface area contributed by atoms with E-state index in [2.05, 4.69) is 31.4 Å². The number of rotatable bonds is 2. The summed E-state index contributed by atoms with van der Waals surface area (Å²) in [5, 5.41) is 9.71. The highest BCUT2D eigenvalue weighted by atomic mass is 79.9. The van der Waals surface area contributed by atoms with E-state index in [1.165, 1.54) is 0 Å². The fourth-order valence-electron chi connectivity index (χ4n) is 1.13. The largest absolute Gasteiger partial charge is 0.308 e. The molecule has 0 saturated carbocycles. The lowest BCUT2D eigenvalue weighted by Crippen LogP contribution is -2.17. The fourth-order valence-corrected chi connectivity index (χ4v) is 2.63. The topological polar surface area (TPSA) is 57.8 Å². The molecule has 0 aliphatic heterocycles. The SMILES string of the molecule is CC(C)C(=O)Nc1n[nH]c2cc(Br)sc12. The van der Waals surface area contributed by atoms with Gasteiger partial charge in [-0.25, -0.2) is 0 Å². The summed E-state index contributed by atoms with van der Waals surface area (Å²) in [6, 6.07) is 1.94. The minimum atomic E-state index is -0.0415. The summed E-state index contributed by atoms with van der Waals surface area (Å²) in [5.41, 5.74) is 0.936. The number of amides is 1. The summed E-state index contributed by atoms with van der Waals surface area (Å²) < 4.78 is 1.99. The van der Waals surface area contributed by atoms with Crippen molar-refractivity contribution in [3.8, 4) is 0 Å². The quantitative estimate of drug-likeness (QED) is 0.892. The molecular weight excluding hydrogens is 278 g/mol. The molecule has 15 heavy (non-hydrogen) atoms. The Morgan fingerprint density at radius 1 is 1.67 bits per heavy atom. The molecule has 0 aliphatic rings. The van der Waals surface area contributed by atoms with Crippen LogP contribution >= 0.6 is 27.3 Å². The molecule has 0 unspecified atom stereocenters. The van der Waals surface area contributed by atoms with Gasteiger partial charge >= 0.3 is 0 Å². The average Bonchev–Trinajstić information content (AvgIpc) is 2.66. The number of carbonyl (C=O) groups excluding carboxylic acids is 1. The number of H-pyrrole nitrogens is 1.